The van der Waals surface area contributed by atoms with Crippen molar-refractivity contribution in [1.29, 1.82) is 0 Å². The van der Waals surface area contributed by atoms with E-state index in [1.54, 1.807) is 39.8 Å². The second kappa shape index (κ2) is 33.6. The van der Waals surface area contributed by atoms with Gasteiger partial charge in [-0.25, -0.2) is 0 Å². The molecule has 0 aliphatic carbocycles. The summed E-state index contributed by atoms with van der Waals surface area (Å²) in [6.07, 6.45) is 12.1. The number of hydrogen-bond donors (Lipinski definition) is 0. The van der Waals surface area contributed by atoms with Crippen molar-refractivity contribution in [2.24, 2.45) is 28.2 Å². The van der Waals surface area contributed by atoms with Gasteiger partial charge in [-0.05, 0) is 0 Å². The Morgan fingerprint density at radius 2 is 0.619 bits per heavy atom. The molecule has 0 aliphatic rings. The van der Waals surface area contributed by atoms with E-state index in [1.165, 1.54) is 102 Å². The van der Waals surface area contributed by atoms with Crippen molar-refractivity contribution >= 4 is 70.6 Å². The van der Waals surface area contributed by atoms with E-state index in [-0.39, 0.29) is 5.41 Å². The second-order valence-electron chi connectivity index (χ2n) is 35.6. The molecule has 4 heterocycles. The zero-order valence-electron chi connectivity index (χ0n) is 68.7. The summed E-state index contributed by atoms with van der Waals surface area (Å²) in [4.78, 5) is 0. The predicted octanol–water partition coefficient (Wildman–Crippen LogP) is 21.3. The molecule has 0 radical (unpaired) electrons. The number of hydrogen-bond acceptors (Lipinski definition) is 0. The van der Waals surface area contributed by atoms with Crippen molar-refractivity contribution in [1.82, 2.24) is 0 Å². The van der Waals surface area contributed by atoms with Crippen LogP contribution in [0.4, 0.5) is 0 Å². The summed E-state index contributed by atoms with van der Waals surface area (Å²) in [5.74, 6) is 33.4. The van der Waals surface area contributed by atoms with Gasteiger partial charge in [-0.2, -0.15) is 0 Å². The average molecular weight is 1550 g/mol. The number of aromatic nitrogens is 4. The summed E-state index contributed by atoms with van der Waals surface area (Å²) in [7, 11) is 8.82. The number of nitrogens with zero attached hydrogens (tertiary/aromatic N) is 4. The Balaban J connectivity index is 0.000000234. The van der Waals surface area contributed by atoms with Crippen molar-refractivity contribution < 1.29 is 18.3 Å². The molecule has 0 amide bonds. The van der Waals surface area contributed by atoms with Gasteiger partial charge in [-0.15, -0.1) is 0 Å². The minimum absolute atomic E-state index is 0.169. The van der Waals surface area contributed by atoms with Crippen molar-refractivity contribution in [3.8, 4) is 45.0 Å². The fraction of sp³-hybridized carbons (Fsp3) is 0.506. The first-order valence-electron chi connectivity index (χ1n) is 37.1. The molecule has 8 aromatic rings. The van der Waals surface area contributed by atoms with Gasteiger partial charge >= 0.3 is 612 Å². The van der Waals surface area contributed by atoms with E-state index < -0.39 is 53.1 Å². The molecule has 0 spiro atoms. The fourth-order valence-corrected chi connectivity index (χ4v) is 29.0. The van der Waals surface area contributed by atoms with Gasteiger partial charge in [0.25, 0.3) is 0 Å². The minimum atomic E-state index is -1.90. The van der Waals surface area contributed by atoms with Gasteiger partial charge < -0.3 is 0 Å². The maximum atomic E-state index is 2.50. The van der Waals surface area contributed by atoms with Crippen LogP contribution in [0.5, 0.6) is 0 Å². The zero-order chi connectivity index (χ0) is 73.7. The predicted molar refractivity (Wildman–Crippen MR) is 440 cm³/mol. The van der Waals surface area contributed by atoms with Crippen molar-refractivity contribution in [2.45, 2.75) is 261 Å². The standard InChI is InChI=1S/C24H38GeN.C23H36GeN.C22H34GeN.C20H30GeN/c1-10-19(11-2)20-13-12-18(5)22(14-20)24-15-21(17(3)4)23(16-26(24)9)25(6,7)8;1-16(2)19-14-22(25(10)15-21(19)24(7,8)9)20-13-18(23(4,5)6)12-11-17(20)3;1-15(2)18-10-11-19(17(5)12-18)22-13-20(16(3)4)21(14-24(22)9)23(6,7)8;1-14(2)18-12-20(17-10-9-15(3)11-16(17)4)22(8)13-19(18)21(5,6)7/h12-17,19H,10-11H2,1-9H3;11-16H,1-10H3;10-16H,1-9H3;9-14H,1-8H3/q4*+1. The third-order valence-electron chi connectivity index (χ3n) is 20.2. The molecule has 0 saturated carbocycles. The Morgan fingerprint density at radius 1 is 0.320 bits per heavy atom. The summed E-state index contributed by atoms with van der Waals surface area (Å²) in [6.45, 7) is 45.7. The first-order chi connectivity index (χ1) is 44.5. The molecule has 4 aromatic carbocycles. The molecule has 526 valence electrons. The molecule has 0 saturated heterocycles. The van der Waals surface area contributed by atoms with Gasteiger partial charge in [-0.3, -0.25) is 0 Å². The van der Waals surface area contributed by atoms with Crippen LogP contribution < -0.4 is 35.9 Å². The SMILES string of the molecule is CCC(CC)c1ccc(C)c(-c2cc(C(C)C)[c]([Ge]([CH3])([CH3])[CH3])c[n+]2C)c1.Cc1cc(C(C)C)ccc1-c1cc(C(C)C)[c]([Ge]([CH3])([CH3])[CH3])c[n+]1C.Cc1ccc(-c2cc(C(C)C)[c]([Ge]([CH3])([CH3])[CH3])c[n+]2C)c(C)c1.Cc1ccc(C(C)(C)C)cc1-c1cc(C(C)C)[c]([Ge]([CH3])([CH3])[CH3])c[n+]1C. The van der Waals surface area contributed by atoms with Crippen LogP contribution in [0.1, 0.15) is 219 Å². The Kier molecular flexibility index (Phi) is 28.9. The number of rotatable bonds is 16. The number of benzene rings is 4. The Morgan fingerprint density at radius 3 is 0.907 bits per heavy atom. The van der Waals surface area contributed by atoms with E-state index in [2.05, 4.69) is 376 Å². The molecule has 4 aromatic heterocycles. The zero-order valence-corrected chi connectivity index (χ0v) is 77.1. The summed E-state index contributed by atoms with van der Waals surface area (Å²) >= 11 is -7.56. The van der Waals surface area contributed by atoms with Crippen LogP contribution in [-0.4, -0.2) is 53.1 Å². The van der Waals surface area contributed by atoms with E-state index in [0.717, 1.165) is 0 Å². The second-order valence-corrected chi connectivity index (χ2v) is 77.9. The Hall–Kier alpha value is -4.35. The van der Waals surface area contributed by atoms with Crippen LogP contribution in [0.25, 0.3) is 45.0 Å². The molecule has 0 N–H and O–H groups in total. The molecule has 97 heavy (non-hydrogen) atoms. The van der Waals surface area contributed by atoms with Gasteiger partial charge in [0.2, 0.25) is 0 Å². The van der Waals surface area contributed by atoms with Crippen molar-refractivity contribution in [3.63, 3.8) is 0 Å². The first kappa shape index (κ1) is 83.3. The molecule has 0 atom stereocenters. The third kappa shape index (κ3) is 21.4. The van der Waals surface area contributed by atoms with Crippen LogP contribution in [0.2, 0.25) is 69.1 Å². The summed E-state index contributed by atoms with van der Waals surface area (Å²) in [5, 5.41) is 0. The van der Waals surface area contributed by atoms with Crippen LogP contribution in [-0.2, 0) is 33.6 Å². The molecule has 0 unspecified atom stereocenters. The molecular weight excluding hydrogens is 1420 g/mol. The van der Waals surface area contributed by atoms with Crippen LogP contribution >= 0.6 is 0 Å². The van der Waals surface area contributed by atoms with Crippen molar-refractivity contribution in [3.05, 3.63) is 189 Å². The Labute approximate surface area is 606 Å². The van der Waals surface area contributed by atoms with Gasteiger partial charge in [0.1, 0.15) is 0 Å². The summed E-state index contributed by atoms with van der Waals surface area (Å²) in [6, 6.07) is 37.6. The number of pyridine rings is 4. The van der Waals surface area contributed by atoms with E-state index in [0.29, 0.717) is 35.5 Å². The van der Waals surface area contributed by atoms with E-state index in [1.807, 2.05) is 0 Å². The van der Waals surface area contributed by atoms with E-state index >= 15 is 0 Å². The van der Waals surface area contributed by atoms with Gasteiger partial charge in [0.15, 0.2) is 0 Å². The molecule has 8 heteroatoms. The topological polar surface area (TPSA) is 15.5 Å². The normalized spacial score (nSPS) is 12.4. The molecule has 0 fully saturated rings. The van der Waals surface area contributed by atoms with E-state index in [9.17, 15) is 0 Å². The van der Waals surface area contributed by atoms with Gasteiger partial charge in [0.05, 0.1) is 0 Å². The molecule has 4 nitrogen and oxygen atoms in total. The monoisotopic (exact) mass is 1560 g/mol. The van der Waals surface area contributed by atoms with Gasteiger partial charge in [0, 0.05) is 0 Å². The molecule has 8 rings (SSSR count). The van der Waals surface area contributed by atoms with Gasteiger partial charge in [-0.1, -0.05) is 0 Å². The van der Waals surface area contributed by atoms with E-state index in [4.69, 9.17) is 0 Å². The third-order valence-corrected chi connectivity index (χ3v) is 37.2. The number of aryl methyl sites for hydroxylation is 9. The summed E-state index contributed by atoms with van der Waals surface area (Å²) < 4.78 is 15.9. The van der Waals surface area contributed by atoms with Crippen LogP contribution in [0.3, 0.4) is 0 Å². The fourth-order valence-electron chi connectivity index (χ4n) is 13.9. The van der Waals surface area contributed by atoms with Crippen LogP contribution in [0.15, 0.2) is 122 Å². The Bertz CT molecular complexity index is 4010. The maximum absolute atomic E-state index is 2.50. The summed E-state index contributed by atoms with van der Waals surface area (Å²) in [5.41, 5.74) is 28.3. The molecule has 0 bridgehead atoms. The average Bonchev–Trinajstić information content (AvgIpc) is 0.795. The molecular formula is C89H138Ge4N4+4. The molecule has 0 aliphatic heterocycles. The van der Waals surface area contributed by atoms with Crippen LogP contribution in [0, 0.1) is 34.6 Å². The first-order valence-corrected chi connectivity index (χ1v) is 66.5. The van der Waals surface area contributed by atoms with Crippen molar-refractivity contribution in [2.75, 3.05) is 0 Å². The quantitative estimate of drug-likeness (QED) is 0.0677.